The number of amides is 3. The SMILES string of the molecule is Cc1ccc(CN2C(=O)CC[C@H]2C(=O)NN2CCC[C@@H](CNC(=O)OC(C)(C)C)C2)cc1. The van der Waals surface area contributed by atoms with Gasteiger partial charge in [0.05, 0.1) is 0 Å². The number of ether oxygens (including phenoxy) is 1. The lowest BCUT2D eigenvalue weighted by atomic mass is 9.99. The Bertz CT molecular complexity index is 818. The molecule has 0 aliphatic carbocycles. The van der Waals surface area contributed by atoms with Gasteiger partial charge in [-0.15, -0.1) is 0 Å². The Balaban J connectivity index is 1.51. The molecule has 2 aliphatic rings. The highest BCUT2D eigenvalue weighted by Gasteiger charge is 2.37. The summed E-state index contributed by atoms with van der Waals surface area (Å²) in [5, 5.41) is 4.75. The van der Waals surface area contributed by atoms with Crippen molar-refractivity contribution in [2.45, 2.75) is 71.6 Å². The first-order valence-corrected chi connectivity index (χ1v) is 11.5. The first-order valence-electron chi connectivity index (χ1n) is 11.5. The van der Waals surface area contributed by atoms with Gasteiger partial charge in [0.2, 0.25) is 5.91 Å². The summed E-state index contributed by atoms with van der Waals surface area (Å²) in [7, 11) is 0. The average Bonchev–Trinajstić information content (AvgIpc) is 3.07. The summed E-state index contributed by atoms with van der Waals surface area (Å²) in [4.78, 5) is 39.0. The van der Waals surface area contributed by atoms with Crippen molar-refractivity contribution in [2.24, 2.45) is 5.92 Å². The van der Waals surface area contributed by atoms with Crippen LogP contribution in [0, 0.1) is 12.8 Å². The van der Waals surface area contributed by atoms with E-state index in [0.29, 0.717) is 32.5 Å². The molecule has 0 aromatic heterocycles. The van der Waals surface area contributed by atoms with Crippen LogP contribution in [-0.2, 0) is 20.9 Å². The number of nitrogens with one attached hydrogen (secondary N) is 2. The zero-order valence-corrected chi connectivity index (χ0v) is 19.6. The van der Waals surface area contributed by atoms with E-state index in [-0.39, 0.29) is 17.7 Å². The van der Waals surface area contributed by atoms with Crippen LogP contribution in [0.4, 0.5) is 4.79 Å². The zero-order valence-electron chi connectivity index (χ0n) is 19.6. The minimum absolute atomic E-state index is 0.0174. The van der Waals surface area contributed by atoms with Crippen LogP contribution in [0.3, 0.4) is 0 Å². The Morgan fingerprint density at radius 2 is 1.88 bits per heavy atom. The molecule has 2 heterocycles. The van der Waals surface area contributed by atoms with Gasteiger partial charge in [0.25, 0.3) is 5.91 Å². The minimum Gasteiger partial charge on any atom is -0.444 e. The van der Waals surface area contributed by atoms with Crippen molar-refractivity contribution in [3.05, 3.63) is 35.4 Å². The smallest absolute Gasteiger partial charge is 0.407 e. The second kappa shape index (κ2) is 10.3. The first kappa shape index (κ1) is 24.0. The van der Waals surface area contributed by atoms with Crippen LogP contribution in [0.25, 0.3) is 0 Å². The molecule has 2 atom stereocenters. The van der Waals surface area contributed by atoms with Gasteiger partial charge in [-0.05, 0) is 58.4 Å². The van der Waals surface area contributed by atoms with Gasteiger partial charge in [-0.1, -0.05) is 29.8 Å². The maximum atomic E-state index is 13.0. The summed E-state index contributed by atoms with van der Waals surface area (Å²) in [6, 6.07) is 7.59. The van der Waals surface area contributed by atoms with Crippen molar-refractivity contribution in [3.63, 3.8) is 0 Å². The molecule has 2 saturated heterocycles. The van der Waals surface area contributed by atoms with Gasteiger partial charge in [0.1, 0.15) is 11.6 Å². The third-order valence-electron chi connectivity index (χ3n) is 5.83. The number of nitrogens with zero attached hydrogens (tertiary/aromatic N) is 2. The van der Waals surface area contributed by atoms with Gasteiger partial charge in [-0.25, -0.2) is 9.80 Å². The Hall–Kier alpha value is -2.61. The molecular formula is C24H36N4O4. The van der Waals surface area contributed by atoms with Crippen LogP contribution >= 0.6 is 0 Å². The summed E-state index contributed by atoms with van der Waals surface area (Å²) in [6.07, 6.45) is 2.41. The van der Waals surface area contributed by atoms with Gasteiger partial charge in [-0.2, -0.15) is 0 Å². The maximum absolute atomic E-state index is 13.0. The van der Waals surface area contributed by atoms with Crippen molar-refractivity contribution in [1.29, 1.82) is 0 Å². The fourth-order valence-electron chi connectivity index (χ4n) is 4.20. The number of alkyl carbamates (subject to hydrolysis) is 1. The molecule has 0 unspecified atom stereocenters. The predicted octanol–water partition coefficient (Wildman–Crippen LogP) is 2.75. The molecule has 2 aliphatic heterocycles. The number of carbonyl (C=O) groups is 3. The first-order chi connectivity index (χ1) is 15.1. The van der Waals surface area contributed by atoms with Gasteiger partial charge in [0.15, 0.2) is 0 Å². The van der Waals surface area contributed by atoms with E-state index >= 15 is 0 Å². The van der Waals surface area contributed by atoms with Gasteiger partial charge >= 0.3 is 6.09 Å². The highest BCUT2D eigenvalue weighted by molar-refractivity contribution is 5.90. The van der Waals surface area contributed by atoms with Crippen LogP contribution in [0.5, 0.6) is 0 Å². The molecule has 0 bridgehead atoms. The Labute approximate surface area is 190 Å². The molecule has 8 nitrogen and oxygen atoms in total. The normalized spacial score (nSPS) is 22.0. The Kier molecular flexibility index (Phi) is 7.77. The monoisotopic (exact) mass is 444 g/mol. The topological polar surface area (TPSA) is 91.0 Å². The fraction of sp³-hybridized carbons (Fsp3) is 0.625. The highest BCUT2D eigenvalue weighted by atomic mass is 16.6. The molecule has 1 aromatic carbocycles. The van der Waals surface area contributed by atoms with Crippen molar-refractivity contribution < 1.29 is 19.1 Å². The quantitative estimate of drug-likeness (QED) is 0.704. The molecule has 3 rings (SSSR count). The molecule has 3 amide bonds. The lowest BCUT2D eigenvalue weighted by Crippen LogP contribution is -2.54. The van der Waals surface area contributed by atoms with E-state index in [2.05, 4.69) is 10.7 Å². The molecule has 176 valence electrons. The van der Waals surface area contributed by atoms with Crippen molar-refractivity contribution in [2.75, 3.05) is 19.6 Å². The lowest BCUT2D eigenvalue weighted by molar-refractivity contribution is -0.138. The summed E-state index contributed by atoms with van der Waals surface area (Å²) < 4.78 is 5.29. The van der Waals surface area contributed by atoms with E-state index in [4.69, 9.17) is 4.74 Å². The second-order valence-corrected chi connectivity index (χ2v) is 9.87. The molecule has 0 spiro atoms. The van der Waals surface area contributed by atoms with E-state index < -0.39 is 17.7 Å². The molecule has 8 heteroatoms. The number of hydrazine groups is 1. The Morgan fingerprint density at radius 1 is 1.16 bits per heavy atom. The molecule has 0 saturated carbocycles. The van der Waals surface area contributed by atoms with Crippen LogP contribution < -0.4 is 10.7 Å². The number of hydrogen-bond donors (Lipinski definition) is 2. The van der Waals surface area contributed by atoms with Crippen molar-refractivity contribution in [1.82, 2.24) is 20.7 Å². The lowest BCUT2D eigenvalue weighted by Gasteiger charge is -2.34. The maximum Gasteiger partial charge on any atom is 0.407 e. The van der Waals surface area contributed by atoms with Crippen molar-refractivity contribution >= 4 is 17.9 Å². The van der Waals surface area contributed by atoms with E-state index in [1.807, 2.05) is 57.0 Å². The summed E-state index contributed by atoms with van der Waals surface area (Å²) in [5.74, 6) is 0.109. The predicted molar refractivity (Wildman–Crippen MR) is 121 cm³/mol. The number of piperidine rings is 1. The highest BCUT2D eigenvalue weighted by Crippen LogP contribution is 2.23. The van der Waals surface area contributed by atoms with E-state index in [1.54, 1.807) is 4.90 Å². The minimum atomic E-state index is -0.528. The Morgan fingerprint density at radius 3 is 2.56 bits per heavy atom. The average molecular weight is 445 g/mol. The van der Waals surface area contributed by atoms with Crippen LogP contribution in [0.15, 0.2) is 24.3 Å². The molecule has 2 fully saturated rings. The molecule has 32 heavy (non-hydrogen) atoms. The van der Waals surface area contributed by atoms with Crippen LogP contribution in [0.2, 0.25) is 0 Å². The van der Waals surface area contributed by atoms with Gasteiger partial charge in [-0.3, -0.25) is 15.0 Å². The molecule has 2 N–H and O–H groups in total. The number of rotatable bonds is 6. The summed E-state index contributed by atoms with van der Waals surface area (Å²) in [6.45, 7) is 9.88. The zero-order chi connectivity index (χ0) is 23.3. The third kappa shape index (κ3) is 6.95. The summed E-state index contributed by atoms with van der Waals surface area (Å²) >= 11 is 0. The van der Waals surface area contributed by atoms with Crippen LogP contribution in [-0.4, -0.2) is 59.1 Å². The molecule has 1 aromatic rings. The number of hydrogen-bond acceptors (Lipinski definition) is 5. The molecular weight excluding hydrogens is 408 g/mol. The largest absolute Gasteiger partial charge is 0.444 e. The van der Waals surface area contributed by atoms with E-state index in [9.17, 15) is 14.4 Å². The number of aryl methyl sites for hydroxylation is 1. The summed E-state index contributed by atoms with van der Waals surface area (Å²) in [5.41, 5.74) is 4.68. The second-order valence-electron chi connectivity index (χ2n) is 9.87. The van der Waals surface area contributed by atoms with Gasteiger partial charge < -0.3 is 15.0 Å². The fourth-order valence-corrected chi connectivity index (χ4v) is 4.20. The third-order valence-corrected chi connectivity index (χ3v) is 5.83. The number of likely N-dealkylation sites (tertiary alicyclic amines) is 1. The number of benzene rings is 1. The molecule has 0 radical (unpaired) electrons. The van der Waals surface area contributed by atoms with E-state index in [1.165, 1.54) is 0 Å². The van der Waals surface area contributed by atoms with Crippen LogP contribution in [0.1, 0.15) is 57.6 Å². The standard InChI is InChI=1S/C24H36N4O4/c1-17-7-9-18(10-8-17)16-28-20(11-12-21(28)29)22(30)26-27-13-5-6-19(15-27)14-25-23(31)32-24(2,3)4/h7-10,19-20H,5-6,11-16H2,1-4H3,(H,25,31)(H,26,30)/t19-,20-/m0/s1. The van der Waals surface area contributed by atoms with Crippen molar-refractivity contribution in [3.8, 4) is 0 Å². The number of carbonyl (C=O) groups excluding carboxylic acids is 3. The van der Waals surface area contributed by atoms with Gasteiger partial charge in [0, 0.05) is 32.6 Å². The van der Waals surface area contributed by atoms with E-state index in [0.717, 1.165) is 30.5 Å².